The molecule has 1 rings (SSSR count). The summed E-state index contributed by atoms with van der Waals surface area (Å²) in [5, 5.41) is 8.86. The Bertz CT molecular complexity index is 467. The van der Waals surface area contributed by atoms with Gasteiger partial charge in [0.25, 0.3) is 0 Å². The number of rotatable bonds is 4. The van der Waals surface area contributed by atoms with Crippen molar-refractivity contribution in [1.82, 2.24) is 4.98 Å². The second-order valence-corrected chi connectivity index (χ2v) is 4.84. The second kappa shape index (κ2) is 6.04. The molecule has 0 aliphatic heterocycles. The van der Waals surface area contributed by atoms with Gasteiger partial charge in [-0.15, -0.1) is 13.2 Å². The van der Waals surface area contributed by atoms with Crippen LogP contribution in [0, 0.1) is 3.57 Å². The first-order chi connectivity index (χ1) is 8.24. The molecule has 1 heterocycles. The number of aliphatic carboxylic acids is 1. The summed E-state index contributed by atoms with van der Waals surface area (Å²) in [5.41, 5.74) is 0.126. The third kappa shape index (κ3) is 4.26. The lowest BCUT2D eigenvalue weighted by Gasteiger charge is -2.15. The quantitative estimate of drug-likeness (QED) is 0.578. The van der Waals surface area contributed by atoms with Crippen LogP contribution in [0.3, 0.4) is 0 Å². The van der Waals surface area contributed by atoms with Crippen LogP contribution >= 0.6 is 38.5 Å². The van der Waals surface area contributed by atoms with E-state index in [0.29, 0.717) is 0 Å². The second-order valence-electron chi connectivity index (χ2n) is 3.11. The van der Waals surface area contributed by atoms with Crippen LogP contribution in [0.1, 0.15) is 11.3 Å². The number of aromatic nitrogens is 1. The van der Waals surface area contributed by atoms with Gasteiger partial charge in [-0.25, -0.2) is 0 Å². The number of carboxylic acids is 1. The molecule has 1 N–H and O–H groups in total. The molecule has 1 aromatic heterocycles. The smallest absolute Gasteiger partial charge is 0.481 e. The van der Waals surface area contributed by atoms with Gasteiger partial charge in [-0.05, 0) is 22.6 Å². The van der Waals surface area contributed by atoms with Gasteiger partial charge in [-0.1, -0.05) is 15.9 Å². The maximum atomic E-state index is 12.3. The Kier molecular flexibility index (Phi) is 5.20. The predicted molar refractivity (Wildman–Crippen MR) is 67.6 cm³/mol. The molecule has 0 saturated carbocycles. The molecule has 0 atom stereocenters. The van der Waals surface area contributed by atoms with Gasteiger partial charge in [0.2, 0.25) is 0 Å². The number of ether oxygens (including phenoxy) is 1. The van der Waals surface area contributed by atoms with E-state index in [9.17, 15) is 18.0 Å². The highest BCUT2D eigenvalue weighted by Gasteiger charge is 2.34. The monoisotopic (exact) mass is 439 g/mol. The summed E-state index contributed by atoms with van der Waals surface area (Å²) < 4.78 is 40.8. The molecule has 100 valence electrons. The maximum absolute atomic E-state index is 12.3. The van der Waals surface area contributed by atoms with Crippen molar-refractivity contribution in [2.45, 2.75) is 18.1 Å². The standard InChI is InChI=1S/C9H6BrF3INO3/c10-2-6-4(1-7(16)17)8(5(14)3-15-6)18-9(11,12)13/h3H,1-2H2,(H,16,17). The molecule has 0 bridgehead atoms. The lowest BCUT2D eigenvalue weighted by atomic mass is 10.1. The number of carbonyl (C=O) groups is 1. The molecule has 0 radical (unpaired) electrons. The van der Waals surface area contributed by atoms with E-state index in [0.717, 1.165) is 0 Å². The van der Waals surface area contributed by atoms with Crippen molar-refractivity contribution in [3.63, 3.8) is 0 Å². The van der Waals surface area contributed by atoms with Crippen molar-refractivity contribution < 1.29 is 27.8 Å². The zero-order chi connectivity index (χ0) is 13.9. The van der Waals surface area contributed by atoms with E-state index in [1.165, 1.54) is 6.20 Å². The van der Waals surface area contributed by atoms with Gasteiger partial charge < -0.3 is 9.84 Å². The predicted octanol–water partition coefficient (Wildman–Crippen LogP) is 3.11. The Balaban J connectivity index is 3.31. The number of alkyl halides is 4. The molecule has 0 amide bonds. The summed E-state index contributed by atoms with van der Waals surface area (Å²) in [6.07, 6.45) is -4.27. The Morgan fingerprint density at radius 3 is 2.61 bits per heavy atom. The summed E-state index contributed by atoms with van der Waals surface area (Å²) in [6.45, 7) is 0. The fourth-order valence-electron chi connectivity index (χ4n) is 1.22. The van der Waals surface area contributed by atoms with E-state index in [4.69, 9.17) is 5.11 Å². The van der Waals surface area contributed by atoms with Gasteiger partial charge >= 0.3 is 12.3 Å². The first kappa shape index (κ1) is 15.5. The number of carboxylic acid groups (broad SMARTS) is 1. The van der Waals surface area contributed by atoms with Crippen molar-refractivity contribution in [2.75, 3.05) is 0 Å². The minimum absolute atomic E-state index is 0.0800. The van der Waals surface area contributed by atoms with E-state index in [2.05, 4.69) is 25.7 Å². The molecule has 9 heteroatoms. The third-order valence-corrected chi connectivity index (χ3v) is 3.15. The molecule has 1 aromatic rings. The third-order valence-electron chi connectivity index (χ3n) is 1.85. The topological polar surface area (TPSA) is 59.4 Å². The molecule has 0 aliphatic carbocycles. The van der Waals surface area contributed by atoms with Crippen LogP contribution in [0.15, 0.2) is 6.20 Å². The molecule has 0 unspecified atom stereocenters. The van der Waals surface area contributed by atoms with E-state index in [-0.39, 0.29) is 20.2 Å². The van der Waals surface area contributed by atoms with Crippen molar-refractivity contribution in [2.24, 2.45) is 0 Å². The molecule has 0 aliphatic rings. The summed E-state index contributed by atoms with van der Waals surface area (Å²) in [6, 6.07) is 0. The molecule has 0 spiro atoms. The van der Waals surface area contributed by atoms with Crippen molar-refractivity contribution >= 4 is 44.5 Å². The summed E-state index contributed by atoms with van der Waals surface area (Å²) in [7, 11) is 0. The number of halogens is 5. The molecular formula is C9H6BrF3INO3. The number of hydrogen-bond acceptors (Lipinski definition) is 3. The average Bonchev–Trinajstić information content (AvgIpc) is 2.21. The molecule has 0 saturated heterocycles. The Morgan fingerprint density at radius 2 is 2.17 bits per heavy atom. The highest BCUT2D eigenvalue weighted by Crippen LogP contribution is 2.33. The van der Waals surface area contributed by atoms with Crippen LogP contribution < -0.4 is 4.74 Å². The van der Waals surface area contributed by atoms with Gasteiger partial charge in [-0.2, -0.15) is 0 Å². The van der Waals surface area contributed by atoms with E-state index in [1.807, 2.05) is 0 Å². The molecule has 0 fully saturated rings. The number of pyridine rings is 1. The highest BCUT2D eigenvalue weighted by molar-refractivity contribution is 14.1. The minimum Gasteiger partial charge on any atom is -0.481 e. The molecule has 18 heavy (non-hydrogen) atoms. The number of hydrogen-bond donors (Lipinski definition) is 1. The van der Waals surface area contributed by atoms with Crippen molar-refractivity contribution in [3.05, 3.63) is 21.0 Å². The Hall–Kier alpha value is -0.580. The van der Waals surface area contributed by atoms with E-state index >= 15 is 0 Å². The summed E-state index contributed by atoms with van der Waals surface area (Å²) in [4.78, 5) is 14.6. The molecule has 0 aromatic carbocycles. The maximum Gasteiger partial charge on any atom is 0.573 e. The van der Waals surface area contributed by atoms with Crippen LogP contribution in [0.2, 0.25) is 0 Å². The lowest BCUT2D eigenvalue weighted by molar-refractivity contribution is -0.275. The average molecular weight is 440 g/mol. The Morgan fingerprint density at radius 1 is 1.56 bits per heavy atom. The normalized spacial score (nSPS) is 11.4. The highest BCUT2D eigenvalue weighted by atomic mass is 127. The number of nitrogens with zero attached hydrogens (tertiary/aromatic N) is 1. The van der Waals surface area contributed by atoms with Gasteiger partial charge in [0.05, 0.1) is 15.7 Å². The van der Waals surface area contributed by atoms with Crippen LogP contribution in [0.5, 0.6) is 5.75 Å². The van der Waals surface area contributed by atoms with Crippen molar-refractivity contribution in [1.29, 1.82) is 0 Å². The summed E-state index contributed by atoms with van der Waals surface area (Å²) >= 11 is 4.65. The van der Waals surface area contributed by atoms with Crippen LogP contribution in [-0.2, 0) is 16.5 Å². The SMILES string of the molecule is O=C(O)Cc1c(CBr)ncc(I)c1OC(F)(F)F. The zero-order valence-electron chi connectivity index (χ0n) is 8.59. The largest absolute Gasteiger partial charge is 0.573 e. The molecular weight excluding hydrogens is 434 g/mol. The van der Waals surface area contributed by atoms with Gasteiger partial charge in [0.1, 0.15) is 5.75 Å². The first-order valence-corrected chi connectivity index (χ1v) is 6.64. The lowest BCUT2D eigenvalue weighted by Crippen LogP contribution is -2.20. The van der Waals surface area contributed by atoms with Gasteiger partial charge in [0.15, 0.2) is 0 Å². The van der Waals surface area contributed by atoms with Gasteiger partial charge in [0, 0.05) is 17.1 Å². The van der Waals surface area contributed by atoms with Crippen molar-refractivity contribution in [3.8, 4) is 5.75 Å². The fraction of sp³-hybridized carbons (Fsp3) is 0.333. The Labute approximate surface area is 122 Å². The van der Waals surface area contributed by atoms with Crippen LogP contribution in [0.25, 0.3) is 0 Å². The van der Waals surface area contributed by atoms with Gasteiger partial charge in [-0.3, -0.25) is 9.78 Å². The first-order valence-electron chi connectivity index (χ1n) is 4.44. The van der Waals surface area contributed by atoms with E-state index < -0.39 is 24.5 Å². The van der Waals surface area contributed by atoms with Crippen LogP contribution in [-0.4, -0.2) is 22.4 Å². The molecule has 4 nitrogen and oxygen atoms in total. The van der Waals surface area contributed by atoms with Crippen LogP contribution in [0.4, 0.5) is 13.2 Å². The fourth-order valence-corrected chi connectivity index (χ4v) is 2.28. The zero-order valence-corrected chi connectivity index (χ0v) is 12.3. The van der Waals surface area contributed by atoms with E-state index in [1.54, 1.807) is 22.6 Å². The summed E-state index contributed by atoms with van der Waals surface area (Å²) in [5.74, 6) is -1.76. The minimum atomic E-state index is -4.88.